The Morgan fingerprint density at radius 2 is 1.68 bits per heavy atom. The molecule has 0 fully saturated rings. The van der Waals surface area contributed by atoms with E-state index in [9.17, 15) is 0 Å². The lowest BCUT2D eigenvalue weighted by Gasteiger charge is -2.31. The number of hydrogen-bond acceptors (Lipinski definition) is 1. The van der Waals surface area contributed by atoms with Crippen molar-refractivity contribution < 1.29 is 0 Å². The summed E-state index contributed by atoms with van der Waals surface area (Å²) < 4.78 is 0. The number of fused-ring (bicyclic) bond motifs is 1. The van der Waals surface area contributed by atoms with E-state index in [4.69, 9.17) is 0 Å². The number of hydrogen-bond donors (Lipinski definition) is 0. The van der Waals surface area contributed by atoms with Crippen LogP contribution in [0.1, 0.15) is 23.6 Å². The summed E-state index contributed by atoms with van der Waals surface area (Å²) in [7, 11) is 0. The quantitative estimate of drug-likeness (QED) is 0.767. The summed E-state index contributed by atoms with van der Waals surface area (Å²) >= 11 is 0. The van der Waals surface area contributed by atoms with Gasteiger partial charge >= 0.3 is 0 Å². The van der Waals surface area contributed by atoms with Gasteiger partial charge in [-0.3, -0.25) is 0 Å². The fourth-order valence-corrected chi connectivity index (χ4v) is 2.80. The van der Waals surface area contributed by atoms with Crippen LogP contribution in [0.15, 0.2) is 54.6 Å². The van der Waals surface area contributed by atoms with Gasteiger partial charge in [0.25, 0.3) is 0 Å². The first-order valence-corrected chi connectivity index (χ1v) is 6.92. The Morgan fingerprint density at radius 1 is 0.947 bits per heavy atom. The highest BCUT2D eigenvalue weighted by Gasteiger charge is 2.17. The molecule has 19 heavy (non-hydrogen) atoms. The molecule has 0 saturated carbocycles. The highest BCUT2D eigenvalue weighted by molar-refractivity contribution is 5.68. The van der Waals surface area contributed by atoms with E-state index in [1.807, 2.05) is 0 Å². The van der Waals surface area contributed by atoms with Crippen molar-refractivity contribution in [3.05, 3.63) is 71.3 Å². The van der Waals surface area contributed by atoms with Crippen LogP contribution in [0, 0.1) is 0 Å². The van der Waals surface area contributed by atoms with Gasteiger partial charge in [0.05, 0.1) is 0 Å². The fraction of sp³-hybridized carbons (Fsp3) is 0.222. The molecule has 0 bridgehead atoms. The molecule has 0 N–H and O–H groups in total. The van der Waals surface area contributed by atoms with E-state index in [0.717, 1.165) is 19.5 Å². The van der Waals surface area contributed by atoms with Crippen LogP contribution >= 0.6 is 0 Å². The number of rotatable bonds is 2. The van der Waals surface area contributed by atoms with E-state index in [-0.39, 0.29) is 0 Å². The summed E-state index contributed by atoms with van der Waals surface area (Å²) in [6.07, 6.45) is 5.44. The third-order valence-corrected chi connectivity index (χ3v) is 3.75. The van der Waals surface area contributed by atoms with Gasteiger partial charge in [0.1, 0.15) is 0 Å². The molecule has 0 unspecified atom stereocenters. The van der Waals surface area contributed by atoms with Crippen molar-refractivity contribution in [2.45, 2.75) is 19.9 Å². The Balaban J connectivity index is 1.93. The van der Waals surface area contributed by atoms with Gasteiger partial charge in [0.2, 0.25) is 0 Å². The van der Waals surface area contributed by atoms with E-state index < -0.39 is 0 Å². The van der Waals surface area contributed by atoms with Gasteiger partial charge in [-0.15, -0.1) is 0 Å². The Hall–Kier alpha value is -2.02. The lowest BCUT2D eigenvalue weighted by atomic mass is 9.98. The average Bonchev–Trinajstić information content (AvgIpc) is 2.48. The molecular formula is C18H19N. The van der Waals surface area contributed by atoms with E-state index in [1.54, 1.807) is 0 Å². The smallest absolute Gasteiger partial charge is 0.0442 e. The summed E-state index contributed by atoms with van der Waals surface area (Å²) in [6, 6.07) is 17.4. The van der Waals surface area contributed by atoms with Crippen LogP contribution in [0.3, 0.4) is 0 Å². The van der Waals surface area contributed by atoms with Gasteiger partial charge in [0, 0.05) is 18.8 Å². The fourth-order valence-electron chi connectivity index (χ4n) is 2.80. The third kappa shape index (κ3) is 2.41. The molecule has 2 aromatic carbocycles. The van der Waals surface area contributed by atoms with Gasteiger partial charge in [-0.1, -0.05) is 54.6 Å². The first kappa shape index (κ1) is 12.0. The number of anilines is 1. The lowest BCUT2D eigenvalue weighted by Crippen LogP contribution is -2.30. The maximum absolute atomic E-state index is 2.48. The number of allylic oxidation sites excluding steroid dienone is 1. The molecule has 0 amide bonds. The minimum absolute atomic E-state index is 1.02. The summed E-state index contributed by atoms with van der Waals surface area (Å²) in [4.78, 5) is 2.48. The van der Waals surface area contributed by atoms with Crippen molar-refractivity contribution in [1.82, 2.24) is 0 Å². The summed E-state index contributed by atoms with van der Waals surface area (Å²) in [6.45, 7) is 4.19. The Kier molecular flexibility index (Phi) is 3.37. The average molecular weight is 249 g/mol. The maximum Gasteiger partial charge on any atom is 0.0442 e. The molecule has 0 aliphatic carbocycles. The predicted octanol–water partition coefficient (Wildman–Crippen LogP) is 4.28. The molecule has 3 rings (SSSR count). The minimum Gasteiger partial charge on any atom is -0.366 e. The molecule has 0 aromatic heterocycles. The van der Waals surface area contributed by atoms with Crippen molar-refractivity contribution >= 4 is 11.8 Å². The topological polar surface area (TPSA) is 3.24 Å². The first-order chi connectivity index (χ1) is 9.38. The van der Waals surface area contributed by atoms with E-state index in [1.165, 1.54) is 22.4 Å². The number of benzene rings is 2. The van der Waals surface area contributed by atoms with E-state index in [2.05, 4.69) is 72.5 Å². The Bertz CT molecular complexity index is 598. The standard InChI is InChI=1S/C18H19N/c1-2-7-16-9-5-6-11-18(16)19-13-12-15-8-3-4-10-17(15)14-19/h2-11H,12-14H2,1H3/b7-2+. The molecule has 1 heteroatoms. The number of para-hydroxylation sites is 1. The summed E-state index contributed by atoms with van der Waals surface area (Å²) in [5.74, 6) is 0. The number of nitrogens with zero attached hydrogens (tertiary/aromatic N) is 1. The summed E-state index contributed by atoms with van der Waals surface area (Å²) in [5.41, 5.74) is 5.62. The third-order valence-electron chi connectivity index (χ3n) is 3.75. The minimum atomic E-state index is 1.02. The Labute approximate surface area is 115 Å². The molecule has 1 nitrogen and oxygen atoms in total. The molecule has 1 aliphatic rings. The van der Waals surface area contributed by atoms with E-state index in [0.29, 0.717) is 0 Å². The largest absolute Gasteiger partial charge is 0.366 e. The van der Waals surface area contributed by atoms with Crippen LogP contribution < -0.4 is 4.90 Å². The van der Waals surface area contributed by atoms with Gasteiger partial charge < -0.3 is 4.90 Å². The highest BCUT2D eigenvalue weighted by Crippen LogP contribution is 2.27. The molecule has 0 spiro atoms. The van der Waals surface area contributed by atoms with Crippen LogP contribution in [0.5, 0.6) is 0 Å². The lowest BCUT2D eigenvalue weighted by molar-refractivity contribution is 0.731. The molecule has 0 saturated heterocycles. The van der Waals surface area contributed by atoms with Crippen molar-refractivity contribution in [1.29, 1.82) is 0 Å². The molecule has 96 valence electrons. The first-order valence-electron chi connectivity index (χ1n) is 6.92. The second kappa shape index (κ2) is 5.31. The molecule has 2 aromatic rings. The predicted molar refractivity (Wildman–Crippen MR) is 82.3 cm³/mol. The van der Waals surface area contributed by atoms with E-state index >= 15 is 0 Å². The second-order valence-corrected chi connectivity index (χ2v) is 5.00. The van der Waals surface area contributed by atoms with Crippen molar-refractivity contribution in [3.63, 3.8) is 0 Å². The Morgan fingerprint density at radius 3 is 2.53 bits per heavy atom. The molecule has 0 atom stereocenters. The van der Waals surface area contributed by atoms with Crippen molar-refractivity contribution in [2.24, 2.45) is 0 Å². The maximum atomic E-state index is 2.48. The van der Waals surface area contributed by atoms with Crippen molar-refractivity contribution in [3.8, 4) is 0 Å². The van der Waals surface area contributed by atoms with Gasteiger partial charge in [-0.2, -0.15) is 0 Å². The normalized spacial score (nSPS) is 14.7. The van der Waals surface area contributed by atoms with Crippen molar-refractivity contribution in [2.75, 3.05) is 11.4 Å². The van der Waals surface area contributed by atoms with Gasteiger partial charge in [-0.05, 0) is 36.1 Å². The van der Waals surface area contributed by atoms with Crippen LogP contribution in [-0.4, -0.2) is 6.54 Å². The molecule has 1 aliphatic heterocycles. The second-order valence-electron chi connectivity index (χ2n) is 5.00. The SMILES string of the molecule is C/C=C/c1ccccc1N1CCc2ccccc2C1. The van der Waals surface area contributed by atoms with Crippen LogP contribution in [-0.2, 0) is 13.0 Å². The monoisotopic (exact) mass is 249 g/mol. The van der Waals surface area contributed by atoms with Crippen LogP contribution in [0.25, 0.3) is 6.08 Å². The zero-order chi connectivity index (χ0) is 13.1. The molecular weight excluding hydrogens is 230 g/mol. The van der Waals surface area contributed by atoms with Gasteiger partial charge in [0.15, 0.2) is 0 Å². The summed E-state index contributed by atoms with van der Waals surface area (Å²) in [5, 5.41) is 0. The zero-order valence-corrected chi connectivity index (χ0v) is 11.3. The highest BCUT2D eigenvalue weighted by atomic mass is 15.1. The molecule has 1 heterocycles. The molecule has 0 radical (unpaired) electrons. The van der Waals surface area contributed by atoms with Gasteiger partial charge in [-0.25, -0.2) is 0 Å². The van der Waals surface area contributed by atoms with Crippen LogP contribution in [0.2, 0.25) is 0 Å². The van der Waals surface area contributed by atoms with Crippen LogP contribution in [0.4, 0.5) is 5.69 Å². The zero-order valence-electron chi connectivity index (χ0n) is 11.3.